The summed E-state index contributed by atoms with van der Waals surface area (Å²) in [5.74, 6) is 0.688. The van der Waals surface area contributed by atoms with Crippen molar-refractivity contribution in [2.75, 3.05) is 7.11 Å². The zero-order chi connectivity index (χ0) is 18.1. The summed E-state index contributed by atoms with van der Waals surface area (Å²) in [4.78, 5) is 24.2. The van der Waals surface area contributed by atoms with Gasteiger partial charge >= 0.3 is 5.97 Å². The number of rotatable bonds is 4. The molecule has 2 rings (SSSR count). The summed E-state index contributed by atoms with van der Waals surface area (Å²) < 4.78 is 4.72. The Morgan fingerprint density at radius 1 is 1.42 bits per heavy atom. The Morgan fingerprint density at radius 2 is 2.08 bits per heavy atom. The summed E-state index contributed by atoms with van der Waals surface area (Å²) in [5, 5.41) is 0. The van der Waals surface area contributed by atoms with E-state index in [4.69, 9.17) is 4.74 Å². The van der Waals surface area contributed by atoms with Gasteiger partial charge in [0, 0.05) is 18.4 Å². The van der Waals surface area contributed by atoms with Gasteiger partial charge in [-0.15, -0.1) is 0 Å². The highest BCUT2D eigenvalue weighted by Crippen LogP contribution is 2.60. The third-order valence-corrected chi connectivity index (χ3v) is 7.01. The minimum Gasteiger partial charge on any atom is -0.466 e. The van der Waals surface area contributed by atoms with Gasteiger partial charge < -0.3 is 4.74 Å². The summed E-state index contributed by atoms with van der Waals surface area (Å²) in [6, 6.07) is 0. The lowest BCUT2D eigenvalue weighted by Crippen LogP contribution is -2.53. The molecule has 24 heavy (non-hydrogen) atoms. The van der Waals surface area contributed by atoms with Crippen LogP contribution in [0.1, 0.15) is 66.7 Å². The number of fused-ring (bicyclic) bond motifs is 1. The predicted octanol–water partition coefficient (Wildman–Crippen LogP) is 4.86. The number of ketones is 1. The topological polar surface area (TPSA) is 43.4 Å². The van der Waals surface area contributed by atoms with Gasteiger partial charge in [-0.2, -0.15) is 0 Å². The average molecular weight is 332 g/mol. The third kappa shape index (κ3) is 3.22. The maximum absolute atomic E-state index is 12.8. The molecule has 0 heterocycles. The monoisotopic (exact) mass is 332 g/mol. The van der Waals surface area contributed by atoms with E-state index in [0.717, 1.165) is 31.3 Å². The van der Waals surface area contributed by atoms with E-state index in [1.54, 1.807) is 6.08 Å². The number of hydrogen-bond acceptors (Lipinski definition) is 3. The van der Waals surface area contributed by atoms with Crippen LogP contribution in [0.4, 0.5) is 0 Å². The van der Waals surface area contributed by atoms with E-state index in [2.05, 4.69) is 33.8 Å². The first kappa shape index (κ1) is 19.0. The number of hydrogen-bond donors (Lipinski definition) is 0. The van der Waals surface area contributed by atoms with Crippen LogP contribution in [0.2, 0.25) is 0 Å². The van der Waals surface area contributed by atoms with Crippen molar-refractivity contribution in [2.24, 2.45) is 22.7 Å². The van der Waals surface area contributed by atoms with Crippen molar-refractivity contribution in [2.45, 2.75) is 66.7 Å². The summed E-state index contributed by atoms with van der Waals surface area (Å²) in [7, 11) is 1.40. The molecular formula is C21H32O3. The molecule has 0 N–H and O–H groups in total. The fourth-order valence-corrected chi connectivity index (χ4v) is 4.99. The van der Waals surface area contributed by atoms with Crippen molar-refractivity contribution >= 4 is 11.8 Å². The highest BCUT2D eigenvalue weighted by molar-refractivity contribution is 5.84. The smallest absolute Gasteiger partial charge is 0.330 e. The summed E-state index contributed by atoms with van der Waals surface area (Å²) >= 11 is 0. The molecule has 0 unspecified atom stereocenters. The Balaban J connectivity index is 2.27. The lowest BCUT2D eigenvalue weighted by atomic mass is 9.46. The largest absolute Gasteiger partial charge is 0.466 e. The minimum atomic E-state index is -0.299. The lowest BCUT2D eigenvalue weighted by Gasteiger charge is -2.57. The highest BCUT2D eigenvalue weighted by Gasteiger charge is 2.56. The zero-order valence-corrected chi connectivity index (χ0v) is 16.1. The minimum absolute atomic E-state index is 0.00341. The van der Waals surface area contributed by atoms with Crippen molar-refractivity contribution in [3.63, 3.8) is 0 Å². The Bertz CT molecular complexity index is 586. The molecule has 0 aromatic carbocycles. The normalized spacial score (nSPS) is 36.8. The molecule has 1 fully saturated rings. The molecule has 0 bridgehead atoms. The number of Topliss-reactive ketones (excluding diaryl/α,β-unsaturated/α-hetero) is 1. The quantitative estimate of drug-likeness (QED) is 0.419. The molecule has 4 atom stereocenters. The predicted molar refractivity (Wildman–Crippen MR) is 96.5 cm³/mol. The second-order valence-electron chi connectivity index (χ2n) is 8.32. The molecular weight excluding hydrogens is 300 g/mol. The second-order valence-corrected chi connectivity index (χ2v) is 8.32. The number of esters is 1. The summed E-state index contributed by atoms with van der Waals surface area (Å²) in [6.07, 6.45) is 8.60. The summed E-state index contributed by atoms with van der Waals surface area (Å²) in [5.41, 5.74) is 2.38. The molecule has 0 radical (unpaired) electrons. The van der Waals surface area contributed by atoms with Gasteiger partial charge in [0.05, 0.1) is 7.11 Å². The Kier molecular flexibility index (Phi) is 5.41. The Morgan fingerprint density at radius 3 is 2.71 bits per heavy atom. The van der Waals surface area contributed by atoms with Gasteiger partial charge in [-0.05, 0) is 56.3 Å². The second kappa shape index (κ2) is 6.85. The van der Waals surface area contributed by atoms with Gasteiger partial charge in [0.15, 0.2) is 0 Å². The van der Waals surface area contributed by atoms with Crippen molar-refractivity contribution < 1.29 is 14.3 Å². The number of allylic oxidation sites excluding steroid dienone is 3. The van der Waals surface area contributed by atoms with E-state index in [0.29, 0.717) is 18.1 Å². The zero-order valence-electron chi connectivity index (χ0n) is 16.1. The number of ether oxygens (including phenoxy) is 1. The van der Waals surface area contributed by atoms with E-state index < -0.39 is 0 Å². The van der Waals surface area contributed by atoms with Gasteiger partial charge in [0.1, 0.15) is 5.78 Å². The Labute approximate surface area is 146 Å². The fourth-order valence-electron chi connectivity index (χ4n) is 4.99. The van der Waals surface area contributed by atoms with Crippen LogP contribution in [0.25, 0.3) is 0 Å². The van der Waals surface area contributed by atoms with Gasteiger partial charge in [-0.1, -0.05) is 38.0 Å². The molecule has 2 aliphatic rings. The van der Waals surface area contributed by atoms with Crippen LogP contribution in [0.15, 0.2) is 23.3 Å². The average Bonchev–Trinajstić information content (AvgIpc) is 2.53. The third-order valence-electron chi connectivity index (χ3n) is 7.01. The number of methoxy groups -OCH3 is 1. The molecule has 2 aliphatic carbocycles. The van der Waals surface area contributed by atoms with Crippen LogP contribution in [-0.2, 0) is 14.3 Å². The van der Waals surface area contributed by atoms with E-state index >= 15 is 0 Å². The first-order valence-electron chi connectivity index (χ1n) is 9.10. The standard InChI is InChI=1S/C21H32O3/c1-14(12-19(23)24-6)10-11-20(4)16(3)17(22)13-21(5)15(2)8-7-9-18(20)21/h8,12,16,18H,7,9-11,13H2,1-6H3/b14-12+/t16-,18-,20+,21+/m1/s1. The molecule has 0 aromatic heterocycles. The van der Waals surface area contributed by atoms with E-state index in [1.807, 2.05) is 6.92 Å². The van der Waals surface area contributed by atoms with E-state index in [9.17, 15) is 9.59 Å². The molecule has 3 heteroatoms. The first-order chi connectivity index (χ1) is 11.1. The van der Waals surface area contributed by atoms with E-state index in [-0.39, 0.29) is 22.7 Å². The van der Waals surface area contributed by atoms with Gasteiger partial charge in [0.25, 0.3) is 0 Å². The summed E-state index contributed by atoms with van der Waals surface area (Å²) in [6.45, 7) is 10.8. The molecule has 0 amide bonds. The maximum atomic E-state index is 12.8. The highest BCUT2D eigenvalue weighted by atomic mass is 16.5. The molecule has 0 aromatic rings. The molecule has 0 saturated heterocycles. The first-order valence-corrected chi connectivity index (χ1v) is 9.10. The van der Waals surface area contributed by atoms with E-state index in [1.165, 1.54) is 12.7 Å². The molecule has 134 valence electrons. The van der Waals surface area contributed by atoms with Crippen LogP contribution in [0, 0.1) is 22.7 Å². The van der Waals surface area contributed by atoms with Crippen molar-refractivity contribution in [3.05, 3.63) is 23.3 Å². The van der Waals surface area contributed by atoms with Crippen LogP contribution in [0.5, 0.6) is 0 Å². The molecule has 1 saturated carbocycles. The fraction of sp³-hybridized carbons (Fsp3) is 0.714. The van der Waals surface area contributed by atoms with Crippen molar-refractivity contribution in [3.8, 4) is 0 Å². The molecule has 0 spiro atoms. The van der Waals surface area contributed by atoms with Crippen LogP contribution >= 0.6 is 0 Å². The lowest BCUT2D eigenvalue weighted by molar-refractivity contribution is -0.142. The van der Waals surface area contributed by atoms with Crippen LogP contribution < -0.4 is 0 Å². The van der Waals surface area contributed by atoms with Gasteiger partial charge in [-0.3, -0.25) is 4.79 Å². The van der Waals surface area contributed by atoms with Crippen molar-refractivity contribution in [1.29, 1.82) is 0 Å². The van der Waals surface area contributed by atoms with Crippen LogP contribution in [-0.4, -0.2) is 18.9 Å². The SMILES string of the molecule is COC(=O)/C=C(\C)CC[C@@]1(C)[C@H](C)C(=O)C[C@@]2(C)C(C)=CCC[C@H]12. The molecule has 0 aliphatic heterocycles. The number of carbonyl (C=O) groups is 2. The van der Waals surface area contributed by atoms with Gasteiger partial charge in [-0.25, -0.2) is 4.79 Å². The van der Waals surface area contributed by atoms with Crippen molar-refractivity contribution in [1.82, 2.24) is 0 Å². The Hall–Kier alpha value is -1.38. The number of carbonyl (C=O) groups excluding carboxylic acids is 2. The molecule has 3 nitrogen and oxygen atoms in total. The van der Waals surface area contributed by atoms with Crippen LogP contribution in [0.3, 0.4) is 0 Å². The van der Waals surface area contributed by atoms with Gasteiger partial charge in [0.2, 0.25) is 0 Å². The maximum Gasteiger partial charge on any atom is 0.330 e.